The lowest BCUT2D eigenvalue weighted by Crippen LogP contribution is -2.16. The largest absolute Gasteiger partial charge is 0.462 e. The first kappa shape index (κ1) is 26.6. The Labute approximate surface area is 223 Å². The van der Waals surface area contributed by atoms with E-state index in [1.165, 1.54) is 11.6 Å². The van der Waals surface area contributed by atoms with E-state index in [0.29, 0.717) is 22.8 Å². The second-order valence-electron chi connectivity index (χ2n) is 8.50. The van der Waals surface area contributed by atoms with Gasteiger partial charge in [-0.05, 0) is 73.0 Å². The first-order valence-corrected chi connectivity index (χ1v) is 13.9. The minimum atomic E-state index is -3.72. The molecule has 0 aliphatic heterocycles. The van der Waals surface area contributed by atoms with E-state index in [9.17, 15) is 13.2 Å². The standard InChI is InChI=1S/C30H28ClNO4S/c1-2-36-30(33)25-12-10-24(11-13-25)28-17-16-27(20-29(28)31)37(34,35)26-14-8-22(9-15-26)18-19-32-21-23-6-4-3-5-7-23/h3-17,20,32H,2,18-19,21H2,1H3. The summed E-state index contributed by atoms with van der Waals surface area (Å²) in [5.74, 6) is -0.393. The third kappa shape index (κ3) is 6.66. The Hall–Kier alpha value is -3.45. The highest BCUT2D eigenvalue weighted by Crippen LogP contribution is 2.32. The van der Waals surface area contributed by atoms with Crippen molar-refractivity contribution in [3.63, 3.8) is 0 Å². The Balaban J connectivity index is 1.42. The predicted molar refractivity (Wildman–Crippen MR) is 147 cm³/mol. The van der Waals surface area contributed by atoms with Gasteiger partial charge in [-0.15, -0.1) is 0 Å². The molecule has 4 aromatic rings. The van der Waals surface area contributed by atoms with Gasteiger partial charge >= 0.3 is 5.97 Å². The van der Waals surface area contributed by atoms with Crippen LogP contribution in [0.15, 0.2) is 107 Å². The van der Waals surface area contributed by atoms with Crippen LogP contribution in [-0.4, -0.2) is 27.5 Å². The molecule has 37 heavy (non-hydrogen) atoms. The Kier molecular flexibility index (Phi) is 8.77. The van der Waals surface area contributed by atoms with E-state index < -0.39 is 15.8 Å². The molecular formula is C30H28ClNO4S. The topological polar surface area (TPSA) is 72.5 Å². The molecule has 0 atom stereocenters. The van der Waals surface area contributed by atoms with Crippen LogP contribution in [0.5, 0.6) is 0 Å². The molecule has 5 nitrogen and oxygen atoms in total. The molecule has 190 valence electrons. The summed E-state index contributed by atoms with van der Waals surface area (Å²) in [6.45, 7) is 3.64. The molecule has 1 N–H and O–H groups in total. The minimum Gasteiger partial charge on any atom is -0.462 e. The lowest BCUT2D eigenvalue weighted by Gasteiger charge is -2.10. The van der Waals surface area contributed by atoms with Crippen LogP contribution < -0.4 is 5.32 Å². The van der Waals surface area contributed by atoms with Gasteiger partial charge in [-0.1, -0.05) is 72.3 Å². The minimum absolute atomic E-state index is 0.127. The van der Waals surface area contributed by atoms with Crippen LogP contribution in [0.2, 0.25) is 5.02 Å². The molecule has 0 aliphatic carbocycles. The number of hydrogen-bond donors (Lipinski definition) is 1. The summed E-state index contributed by atoms with van der Waals surface area (Å²) in [7, 11) is -3.72. The molecule has 0 amide bonds. The fraction of sp³-hybridized carbons (Fsp3) is 0.167. The quantitative estimate of drug-likeness (QED) is 0.190. The lowest BCUT2D eigenvalue weighted by atomic mass is 10.0. The number of halogens is 1. The monoisotopic (exact) mass is 533 g/mol. The molecule has 0 heterocycles. The summed E-state index contributed by atoms with van der Waals surface area (Å²) in [6.07, 6.45) is 0.794. The Morgan fingerprint density at radius 2 is 1.51 bits per heavy atom. The number of hydrogen-bond acceptors (Lipinski definition) is 5. The Morgan fingerprint density at radius 3 is 2.16 bits per heavy atom. The maximum absolute atomic E-state index is 13.2. The summed E-state index contributed by atoms with van der Waals surface area (Å²) in [6, 6.07) is 28.7. The zero-order valence-corrected chi connectivity index (χ0v) is 22.1. The van der Waals surface area contributed by atoms with Crippen LogP contribution in [0.1, 0.15) is 28.4 Å². The van der Waals surface area contributed by atoms with Crippen LogP contribution in [-0.2, 0) is 27.5 Å². The fourth-order valence-electron chi connectivity index (χ4n) is 3.93. The molecule has 0 saturated carbocycles. The molecule has 0 saturated heterocycles. The van der Waals surface area contributed by atoms with Gasteiger partial charge in [0.1, 0.15) is 0 Å². The molecule has 4 aromatic carbocycles. The zero-order chi connectivity index (χ0) is 26.3. The second-order valence-corrected chi connectivity index (χ2v) is 10.9. The first-order valence-electron chi connectivity index (χ1n) is 12.0. The average Bonchev–Trinajstić information content (AvgIpc) is 2.92. The van der Waals surface area contributed by atoms with Crippen molar-refractivity contribution >= 4 is 27.4 Å². The van der Waals surface area contributed by atoms with Gasteiger partial charge in [-0.3, -0.25) is 0 Å². The van der Waals surface area contributed by atoms with E-state index in [-0.39, 0.29) is 9.79 Å². The van der Waals surface area contributed by atoms with Crippen molar-refractivity contribution in [3.05, 3.63) is 119 Å². The van der Waals surface area contributed by atoms with Crippen molar-refractivity contribution in [1.82, 2.24) is 5.32 Å². The molecule has 0 fully saturated rings. The molecule has 4 rings (SSSR count). The predicted octanol–water partition coefficient (Wildman–Crippen LogP) is 6.35. The normalized spacial score (nSPS) is 11.3. The summed E-state index contributed by atoms with van der Waals surface area (Å²) in [4.78, 5) is 12.2. The van der Waals surface area contributed by atoms with Crippen molar-refractivity contribution in [1.29, 1.82) is 0 Å². The molecule has 0 radical (unpaired) electrons. The Morgan fingerprint density at radius 1 is 0.838 bits per heavy atom. The van der Waals surface area contributed by atoms with Crippen molar-refractivity contribution in [2.45, 2.75) is 29.7 Å². The van der Waals surface area contributed by atoms with Gasteiger partial charge in [0.15, 0.2) is 0 Å². The molecule has 0 bridgehead atoms. The molecular weight excluding hydrogens is 506 g/mol. The van der Waals surface area contributed by atoms with Gasteiger partial charge in [0, 0.05) is 17.1 Å². The van der Waals surface area contributed by atoms with Crippen molar-refractivity contribution in [3.8, 4) is 11.1 Å². The lowest BCUT2D eigenvalue weighted by molar-refractivity contribution is 0.0526. The number of nitrogens with one attached hydrogen (secondary N) is 1. The Bertz CT molecular complexity index is 1450. The molecule has 0 unspecified atom stereocenters. The molecule has 0 spiro atoms. The van der Waals surface area contributed by atoms with E-state index in [1.807, 2.05) is 30.3 Å². The van der Waals surface area contributed by atoms with E-state index in [4.69, 9.17) is 16.3 Å². The van der Waals surface area contributed by atoms with Crippen molar-refractivity contribution in [2.75, 3.05) is 13.2 Å². The van der Waals surface area contributed by atoms with Crippen molar-refractivity contribution in [2.24, 2.45) is 0 Å². The van der Waals surface area contributed by atoms with Gasteiger partial charge < -0.3 is 10.1 Å². The molecule has 7 heteroatoms. The van der Waals surface area contributed by atoms with E-state index >= 15 is 0 Å². The highest BCUT2D eigenvalue weighted by molar-refractivity contribution is 7.91. The maximum atomic E-state index is 13.2. The number of carbonyl (C=O) groups is 1. The van der Waals surface area contributed by atoms with Crippen LogP contribution in [0.3, 0.4) is 0 Å². The van der Waals surface area contributed by atoms with Crippen LogP contribution in [0.4, 0.5) is 0 Å². The summed E-state index contributed by atoms with van der Waals surface area (Å²) < 4.78 is 31.4. The first-order chi connectivity index (χ1) is 17.9. The van der Waals surface area contributed by atoms with Crippen LogP contribution in [0.25, 0.3) is 11.1 Å². The summed E-state index contributed by atoms with van der Waals surface area (Å²) in [5.41, 5.74) is 4.17. The van der Waals surface area contributed by atoms with Gasteiger partial charge in [0.2, 0.25) is 9.84 Å². The van der Waals surface area contributed by atoms with E-state index in [1.54, 1.807) is 55.5 Å². The third-order valence-corrected chi connectivity index (χ3v) is 8.03. The number of sulfone groups is 1. The average molecular weight is 534 g/mol. The molecule has 0 aromatic heterocycles. The highest BCUT2D eigenvalue weighted by atomic mass is 35.5. The number of ether oxygens (including phenoxy) is 1. The third-order valence-electron chi connectivity index (χ3n) is 5.95. The number of esters is 1. The maximum Gasteiger partial charge on any atom is 0.338 e. The molecule has 0 aliphatic rings. The van der Waals surface area contributed by atoms with Crippen LogP contribution >= 0.6 is 11.6 Å². The van der Waals surface area contributed by atoms with Crippen molar-refractivity contribution < 1.29 is 17.9 Å². The number of benzene rings is 4. The second kappa shape index (κ2) is 12.2. The zero-order valence-electron chi connectivity index (χ0n) is 20.5. The van der Waals surface area contributed by atoms with Gasteiger partial charge in [0.05, 0.1) is 22.0 Å². The van der Waals surface area contributed by atoms with E-state index in [0.717, 1.165) is 30.6 Å². The SMILES string of the molecule is CCOC(=O)c1ccc(-c2ccc(S(=O)(=O)c3ccc(CCNCc4ccccc4)cc3)cc2Cl)cc1. The highest BCUT2D eigenvalue weighted by Gasteiger charge is 2.19. The summed E-state index contributed by atoms with van der Waals surface area (Å²) in [5, 5.41) is 3.72. The fourth-order valence-corrected chi connectivity index (χ4v) is 5.57. The van der Waals surface area contributed by atoms with Crippen LogP contribution in [0, 0.1) is 0 Å². The summed E-state index contributed by atoms with van der Waals surface area (Å²) >= 11 is 6.49. The van der Waals surface area contributed by atoms with Gasteiger partial charge in [-0.2, -0.15) is 0 Å². The van der Waals surface area contributed by atoms with Gasteiger partial charge in [-0.25, -0.2) is 13.2 Å². The van der Waals surface area contributed by atoms with E-state index in [2.05, 4.69) is 17.4 Å². The van der Waals surface area contributed by atoms with Gasteiger partial charge in [0.25, 0.3) is 0 Å². The number of carbonyl (C=O) groups excluding carboxylic acids is 1. The number of rotatable bonds is 10. The smallest absolute Gasteiger partial charge is 0.338 e.